The molecule has 0 aromatic rings. The van der Waals surface area contributed by atoms with Crippen molar-refractivity contribution in [2.24, 2.45) is 0 Å². The molecule has 1 amide bonds. The number of carbonyl (C=O) groups is 1. The number of quaternary nitrogens is 1. The summed E-state index contributed by atoms with van der Waals surface area (Å²) in [6.07, 6.45) is 1.72. The van der Waals surface area contributed by atoms with E-state index in [0.717, 1.165) is 0 Å². The van der Waals surface area contributed by atoms with E-state index in [2.05, 4.69) is 5.32 Å². The standard InChI is InChI=1S/C11H20N2O3/c1-10(2)7-8(9(15)12-5-6-14)11(3,4)13(10)16/h7,13-14H,5-6H2,1-4H3,(H,12,15). The van der Waals surface area contributed by atoms with E-state index in [-0.39, 0.29) is 24.1 Å². The van der Waals surface area contributed by atoms with Gasteiger partial charge in [0.25, 0.3) is 5.91 Å². The van der Waals surface area contributed by atoms with E-state index in [0.29, 0.717) is 5.57 Å². The van der Waals surface area contributed by atoms with Gasteiger partial charge in [-0.2, -0.15) is 0 Å². The Balaban J connectivity index is 2.92. The number of hydrogen-bond acceptors (Lipinski definition) is 3. The number of rotatable bonds is 3. The van der Waals surface area contributed by atoms with Crippen LogP contribution in [0, 0.1) is 5.21 Å². The van der Waals surface area contributed by atoms with Crippen molar-refractivity contribution in [3.8, 4) is 0 Å². The number of aliphatic hydroxyl groups is 1. The first kappa shape index (κ1) is 13.2. The Morgan fingerprint density at radius 1 is 1.50 bits per heavy atom. The van der Waals surface area contributed by atoms with Gasteiger partial charge in [0.2, 0.25) is 0 Å². The van der Waals surface area contributed by atoms with E-state index < -0.39 is 11.1 Å². The predicted octanol–water partition coefficient (Wildman–Crippen LogP) is -1.03. The first-order valence-electron chi connectivity index (χ1n) is 5.41. The zero-order chi connectivity index (χ0) is 12.6. The molecule has 0 aromatic carbocycles. The highest BCUT2D eigenvalue weighted by molar-refractivity contribution is 5.95. The topological polar surface area (TPSA) is 76.8 Å². The highest BCUT2D eigenvalue weighted by atomic mass is 16.5. The average molecular weight is 228 g/mol. The van der Waals surface area contributed by atoms with Gasteiger partial charge < -0.3 is 20.7 Å². The lowest BCUT2D eigenvalue weighted by molar-refractivity contribution is -0.927. The second-order valence-corrected chi connectivity index (χ2v) is 5.21. The molecule has 1 rings (SSSR count). The van der Waals surface area contributed by atoms with Crippen LogP contribution in [0.3, 0.4) is 0 Å². The van der Waals surface area contributed by atoms with Crippen LogP contribution in [0.15, 0.2) is 11.6 Å². The Labute approximate surface area is 95.7 Å². The first-order valence-corrected chi connectivity index (χ1v) is 5.41. The Hall–Kier alpha value is -0.910. The molecule has 1 heterocycles. The molecule has 5 heteroatoms. The summed E-state index contributed by atoms with van der Waals surface area (Å²) < 4.78 is 0. The van der Waals surface area contributed by atoms with Gasteiger partial charge in [-0.15, -0.1) is 0 Å². The quantitative estimate of drug-likeness (QED) is 0.541. The molecule has 1 atom stereocenters. The maximum Gasteiger partial charge on any atom is 0.253 e. The maximum absolute atomic E-state index is 12.1. The van der Waals surface area contributed by atoms with Crippen LogP contribution in [0.1, 0.15) is 27.7 Å². The largest absolute Gasteiger partial charge is 0.633 e. The number of aliphatic hydroxyl groups excluding tert-OH is 1. The van der Waals surface area contributed by atoms with Crippen molar-refractivity contribution >= 4 is 5.91 Å². The fraction of sp³-hybridized carbons (Fsp3) is 0.727. The third kappa shape index (κ3) is 2.11. The second kappa shape index (κ2) is 4.16. The molecule has 1 unspecified atom stereocenters. The molecular weight excluding hydrogens is 208 g/mol. The van der Waals surface area contributed by atoms with Crippen LogP contribution in [0.25, 0.3) is 0 Å². The number of carbonyl (C=O) groups excluding carboxylic acids is 1. The monoisotopic (exact) mass is 228 g/mol. The maximum atomic E-state index is 12.1. The lowest BCUT2D eigenvalue weighted by Crippen LogP contribution is -3.20. The van der Waals surface area contributed by atoms with Crippen LogP contribution in [-0.4, -0.2) is 35.2 Å². The van der Waals surface area contributed by atoms with E-state index >= 15 is 0 Å². The van der Waals surface area contributed by atoms with E-state index in [9.17, 15) is 10.0 Å². The summed E-state index contributed by atoms with van der Waals surface area (Å²) in [5.74, 6) is -0.266. The summed E-state index contributed by atoms with van der Waals surface area (Å²) in [5, 5.41) is 23.3. The molecule has 92 valence electrons. The summed E-state index contributed by atoms with van der Waals surface area (Å²) in [6.45, 7) is 7.24. The minimum atomic E-state index is -0.747. The molecule has 0 saturated carbocycles. The minimum Gasteiger partial charge on any atom is -0.633 e. The normalized spacial score (nSPS) is 26.4. The van der Waals surface area contributed by atoms with E-state index in [1.807, 2.05) is 13.8 Å². The summed E-state index contributed by atoms with van der Waals surface area (Å²) >= 11 is 0. The fourth-order valence-corrected chi connectivity index (χ4v) is 2.15. The highest BCUT2D eigenvalue weighted by Crippen LogP contribution is 2.24. The molecule has 1 aliphatic rings. The third-order valence-corrected chi connectivity index (χ3v) is 2.97. The third-order valence-electron chi connectivity index (χ3n) is 2.97. The molecule has 0 aliphatic carbocycles. The number of nitrogens with one attached hydrogen (secondary N) is 2. The SMILES string of the molecule is CC1(C)C=C(C(=O)NCCO)C(C)(C)[NH+]1[O-]. The molecule has 0 aromatic heterocycles. The summed E-state index contributed by atoms with van der Waals surface area (Å²) in [7, 11) is 0. The molecular formula is C11H20N2O3. The Bertz CT molecular complexity index is 321. The van der Waals surface area contributed by atoms with Crippen LogP contribution in [0.2, 0.25) is 0 Å². The van der Waals surface area contributed by atoms with Gasteiger partial charge in [-0.3, -0.25) is 4.79 Å². The Morgan fingerprint density at radius 3 is 2.44 bits per heavy atom. The minimum absolute atomic E-state index is 0.0501. The average Bonchev–Trinajstić information content (AvgIpc) is 2.35. The molecule has 0 saturated heterocycles. The molecule has 0 fully saturated rings. The smallest absolute Gasteiger partial charge is 0.253 e. The molecule has 0 spiro atoms. The van der Waals surface area contributed by atoms with Gasteiger partial charge in [-0.05, 0) is 33.8 Å². The van der Waals surface area contributed by atoms with Crippen LogP contribution < -0.4 is 10.4 Å². The van der Waals surface area contributed by atoms with Crippen molar-refractivity contribution in [3.05, 3.63) is 16.9 Å². The van der Waals surface area contributed by atoms with Gasteiger partial charge >= 0.3 is 0 Å². The van der Waals surface area contributed by atoms with Gasteiger partial charge in [0.05, 0.1) is 12.2 Å². The number of hydroxylamine groups is 2. The molecule has 16 heavy (non-hydrogen) atoms. The number of hydrogen-bond donors (Lipinski definition) is 3. The van der Waals surface area contributed by atoms with Gasteiger partial charge in [-0.25, -0.2) is 0 Å². The molecule has 3 N–H and O–H groups in total. The molecule has 0 bridgehead atoms. The van der Waals surface area contributed by atoms with Crippen molar-refractivity contribution < 1.29 is 15.0 Å². The summed E-state index contributed by atoms with van der Waals surface area (Å²) in [4.78, 5) is 11.8. The highest BCUT2D eigenvalue weighted by Gasteiger charge is 2.47. The Kier molecular flexibility index (Phi) is 3.42. The van der Waals surface area contributed by atoms with Gasteiger partial charge in [0, 0.05) is 6.54 Å². The lowest BCUT2D eigenvalue weighted by Gasteiger charge is -2.41. The van der Waals surface area contributed by atoms with Crippen LogP contribution in [0.4, 0.5) is 0 Å². The van der Waals surface area contributed by atoms with E-state index in [1.54, 1.807) is 19.9 Å². The Morgan fingerprint density at radius 2 is 2.06 bits per heavy atom. The van der Waals surface area contributed by atoms with Gasteiger partial charge in [0.1, 0.15) is 11.1 Å². The predicted molar refractivity (Wildman–Crippen MR) is 60.7 cm³/mol. The van der Waals surface area contributed by atoms with Crippen LogP contribution >= 0.6 is 0 Å². The second-order valence-electron chi connectivity index (χ2n) is 5.21. The van der Waals surface area contributed by atoms with Crippen molar-refractivity contribution in [2.75, 3.05) is 13.2 Å². The van der Waals surface area contributed by atoms with Gasteiger partial charge in [-0.1, -0.05) is 0 Å². The summed E-state index contributed by atoms with van der Waals surface area (Å²) in [6, 6.07) is 0. The zero-order valence-electron chi connectivity index (χ0n) is 10.3. The summed E-state index contributed by atoms with van der Waals surface area (Å²) in [5.41, 5.74) is -0.839. The zero-order valence-corrected chi connectivity index (χ0v) is 10.3. The van der Waals surface area contributed by atoms with E-state index in [4.69, 9.17) is 5.11 Å². The van der Waals surface area contributed by atoms with Crippen molar-refractivity contribution in [1.29, 1.82) is 0 Å². The van der Waals surface area contributed by atoms with E-state index in [1.165, 1.54) is 0 Å². The van der Waals surface area contributed by atoms with Crippen molar-refractivity contribution in [3.63, 3.8) is 0 Å². The van der Waals surface area contributed by atoms with Crippen LogP contribution in [-0.2, 0) is 4.79 Å². The van der Waals surface area contributed by atoms with Crippen molar-refractivity contribution in [2.45, 2.75) is 38.8 Å². The molecule has 0 radical (unpaired) electrons. The fourth-order valence-electron chi connectivity index (χ4n) is 2.15. The van der Waals surface area contributed by atoms with Crippen molar-refractivity contribution in [1.82, 2.24) is 5.32 Å². The molecule has 5 nitrogen and oxygen atoms in total. The number of amides is 1. The van der Waals surface area contributed by atoms with Gasteiger partial charge in [0.15, 0.2) is 0 Å². The first-order chi connectivity index (χ1) is 7.23. The molecule has 1 aliphatic heterocycles. The lowest BCUT2D eigenvalue weighted by atomic mass is 9.96. The van der Waals surface area contributed by atoms with Crippen LogP contribution in [0.5, 0.6) is 0 Å².